The van der Waals surface area contributed by atoms with Gasteiger partial charge in [0.05, 0.1) is 11.7 Å². The number of nitrogens with two attached hydrogens (primary N) is 2. The minimum atomic E-state index is -4.44. The number of hydrogen-bond donors (Lipinski definition) is 2. The minimum Gasteiger partial charge on any atom is -0.329 e. The molecule has 0 saturated carbocycles. The van der Waals surface area contributed by atoms with Crippen LogP contribution >= 0.6 is 0 Å². The van der Waals surface area contributed by atoms with Gasteiger partial charge in [-0.05, 0) is 12.1 Å². The van der Waals surface area contributed by atoms with Gasteiger partial charge in [-0.25, -0.2) is 4.98 Å². The summed E-state index contributed by atoms with van der Waals surface area (Å²) in [5.41, 5.74) is 9.88. The van der Waals surface area contributed by atoms with E-state index in [2.05, 4.69) is 4.98 Å². The number of aromatic nitrogens is 1. The zero-order valence-corrected chi connectivity index (χ0v) is 7.25. The number of nitrogens with zero attached hydrogens (tertiary/aromatic N) is 1. The van der Waals surface area contributed by atoms with E-state index in [9.17, 15) is 13.2 Å². The highest BCUT2D eigenvalue weighted by atomic mass is 19.4. The van der Waals surface area contributed by atoms with Crippen molar-refractivity contribution in [2.45, 2.75) is 12.2 Å². The molecule has 0 unspecified atom stereocenters. The second-order valence-electron chi connectivity index (χ2n) is 2.79. The van der Waals surface area contributed by atoms with Gasteiger partial charge in [0.1, 0.15) is 5.69 Å². The van der Waals surface area contributed by atoms with Crippen molar-refractivity contribution in [3.63, 3.8) is 0 Å². The Labute approximate surface area is 78.9 Å². The van der Waals surface area contributed by atoms with Crippen LogP contribution in [-0.2, 0) is 6.18 Å². The molecule has 1 atom stereocenters. The Morgan fingerprint density at radius 1 is 1.36 bits per heavy atom. The van der Waals surface area contributed by atoms with Crippen molar-refractivity contribution >= 4 is 0 Å². The molecule has 0 aliphatic rings. The molecule has 1 rings (SSSR count). The van der Waals surface area contributed by atoms with Crippen LogP contribution in [0.2, 0.25) is 0 Å². The summed E-state index contributed by atoms with van der Waals surface area (Å²) < 4.78 is 36.6. The Morgan fingerprint density at radius 2 is 2.00 bits per heavy atom. The van der Waals surface area contributed by atoms with Gasteiger partial charge in [0.15, 0.2) is 0 Å². The lowest BCUT2D eigenvalue weighted by Crippen LogP contribution is -2.23. The number of alkyl halides is 3. The van der Waals surface area contributed by atoms with Crippen LogP contribution in [0.15, 0.2) is 18.2 Å². The largest absolute Gasteiger partial charge is 0.433 e. The molecule has 0 radical (unpaired) electrons. The van der Waals surface area contributed by atoms with Gasteiger partial charge < -0.3 is 11.5 Å². The van der Waals surface area contributed by atoms with Crippen LogP contribution in [0.5, 0.6) is 0 Å². The molecule has 14 heavy (non-hydrogen) atoms. The molecule has 0 aromatic carbocycles. The summed E-state index contributed by atoms with van der Waals surface area (Å²) in [7, 11) is 0. The average molecular weight is 205 g/mol. The normalized spacial score (nSPS) is 14.1. The topological polar surface area (TPSA) is 64.9 Å². The van der Waals surface area contributed by atoms with Gasteiger partial charge in [0.2, 0.25) is 0 Å². The monoisotopic (exact) mass is 205 g/mol. The third-order valence-corrected chi connectivity index (χ3v) is 1.69. The Kier molecular flexibility index (Phi) is 3.07. The number of halogens is 3. The van der Waals surface area contributed by atoms with Crippen molar-refractivity contribution in [1.82, 2.24) is 4.98 Å². The summed E-state index contributed by atoms with van der Waals surface area (Å²) in [6.07, 6.45) is -4.44. The fourth-order valence-corrected chi connectivity index (χ4v) is 0.937. The molecule has 0 amide bonds. The van der Waals surface area contributed by atoms with Gasteiger partial charge >= 0.3 is 6.18 Å². The fraction of sp³-hybridized carbons (Fsp3) is 0.375. The number of pyridine rings is 1. The Balaban J connectivity index is 3.01. The maximum absolute atomic E-state index is 12.2. The van der Waals surface area contributed by atoms with E-state index in [1.807, 2.05) is 0 Å². The highest BCUT2D eigenvalue weighted by Crippen LogP contribution is 2.27. The standard InChI is InChI=1S/C8H10F3N3/c9-8(10,11)7-3-1-2-6(14-7)5(13)4-12/h1-3,5H,4,12-13H2/t5-/m1/s1. The predicted molar refractivity (Wildman–Crippen MR) is 45.2 cm³/mol. The van der Waals surface area contributed by atoms with E-state index in [1.54, 1.807) is 0 Å². The van der Waals surface area contributed by atoms with Crippen molar-refractivity contribution in [3.8, 4) is 0 Å². The number of rotatable bonds is 2. The second kappa shape index (κ2) is 3.93. The van der Waals surface area contributed by atoms with E-state index in [0.717, 1.165) is 6.07 Å². The van der Waals surface area contributed by atoms with Gasteiger partial charge in [0.25, 0.3) is 0 Å². The summed E-state index contributed by atoms with van der Waals surface area (Å²) in [5.74, 6) is 0. The van der Waals surface area contributed by atoms with Crippen LogP contribution in [0.25, 0.3) is 0 Å². The van der Waals surface area contributed by atoms with E-state index in [-0.39, 0.29) is 12.2 Å². The van der Waals surface area contributed by atoms with E-state index in [0.29, 0.717) is 0 Å². The van der Waals surface area contributed by atoms with E-state index < -0.39 is 17.9 Å². The summed E-state index contributed by atoms with van der Waals surface area (Å²) in [5, 5.41) is 0. The van der Waals surface area contributed by atoms with Crippen LogP contribution in [0.1, 0.15) is 17.4 Å². The zero-order chi connectivity index (χ0) is 10.8. The molecule has 0 saturated heterocycles. The SMILES string of the molecule is NC[C@@H](N)c1cccc(C(F)(F)F)n1. The molecule has 0 fully saturated rings. The van der Waals surface area contributed by atoms with Crippen LogP contribution in [0, 0.1) is 0 Å². The van der Waals surface area contributed by atoms with Crippen molar-refractivity contribution < 1.29 is 13.2 Å². The minimum absolute atomic E-state index is 0.0638. The van der Waals surface area contributed by atoms with E-state index in [1.165, 1.54) is 12.1 Å². The molecule has 6 heteroatoms. The first-order valence-electron chi connectivity index (χ1n) is 3.95. The lowest BCUT2D eigenvalue weighted by atomic mass is 10.2. The Morgan fingerprint density at radius 3 is 2.50 bits per heavy atom. The van der Waals surface area contributed by atoms with E-state index in [4.69, 9.17) is 11.5 Å². The van der Waals surface area contributed by atoms with Crippen LogP contribution in [0.4, 0.5) is 13.2 Å². The van der Waals surface area contributed by atoms with Crippen LogP contribution in [0.3, 0.4) is 0 Å². The molecule has 0 spiro atoms. The Hall–Kier alpha value is -1.14. The maximum atomic E-state index is 12.2. The van der Waals surface area contributed by atoms with Crippen molar-refractivity contribution in [2.75, 3.05) is 6.54 Å². The van der Waals surface area contributed by atoms with Gasteiger partial charge in [-0.15, -0.1) is 0 Å². The van der Waals surface area contributed by atoms with Crippen molar-refractivity contribution in [2.24, 2.45) is 11.5 Å². The first-order valence-corrected chi connectivity index (χ1v) is 3.95. The predicted octanol–water partition coefficient (Wildman–Crippen LogP) is 1.06. The van der Waals surface area contributed by atoms with Gasteiger partial charge in [-0.1, -0.05) is 6.07 Å². The number of hydrogen-bond acceptors (Lipinski definition) is 3. The quantitative estimate of drug-likeness (QED) is 0.758. The van der Waals surface area contributed by atoms with Gasteiger partial charge in [-0.2, -0.15) is 13.2 Å². The molecule has 1 aromatic rings. The van der Waals surface area contributed by atoms with Gasteiger partial charge in [-0.3, -0.25) is 0 Å². The molecular weight excluding hydrogens is 195 g/mol. The molecule has 0 aliphatic heterocycles. The highest BCUT2D eigenvalue weighted by Gasteiger charge is 2.32. The zero-order valence-electron chi connectivity index (χ0n) is 7.25. The molecule has 1 heterocycles. The van der Waals surface area contributed by atoms with Crippen LogP contribution in [-0.4, -0.2) is 11.5 Å². The molecule has 0 bridgehead atoms. The second-order valence-corrected chi connectivity index (χ2v) is 2.79. The molecule has 1 aromatic heterocycles. The fourth-order valence-electron chi connectivity index (χ4n) is 0.937. The molecule has 78 valence electrons. The first-order chi connectivity index (χ1) is 6.45. The average Bonchev–Trinajstić information content (AvgIpc) is 2.15. The van der Waals surface area contributed by atoms with Gasteiger partial charge in [0, 0.05) is 6.54 Å². The maximum Gasteiger partial charge on any atom is 0.433 e. The van der Waals surface area contributed by atoms with Crippen molar-refractivity contribution in [3.05, 3.63) is 29.6 Å². The summed E-state index contributed by atoms with van der Waals surface area (Å²) in [6, 6.07) is 2.93. The third-order valence-electron chi connectivity index (χ3n) is 1.69. The molecule has 3 nitrogen and oxygen atoms in total. The Bertz CT molecular complexity index is 311. The van der Waals surface area contributed by atoms with Crippen LogP contribution < -0.4 is 11.5 Å². The van der Waals surface area contributed by atoms with E-state index >= 15 is 0 Å². The molecular formula is C8H10F3N3. The molecule has 4 N–H and O–H groups in total. The highest BCUT2D eigenvalue weighted by molar-refractivity contribution is 5.16. The summed E-state index contributed by atoms with van der Waals surface area (Å²) in [4.78, 5) is 3.38. The smallest absolute Gasteiger partial charge is 0.329 e. The summed E-state index contributed by atoms with van der Waals surface area (Å²) in [6.45, 7) is 0.0638. The lowest BCUT2D eigenvalue weighted by molar-refractivity contribution is -0.141. The van der Waals surface area contributed by atoms with Crippen molar-refractivity contribution in [1.29, 1.82) is 0 Å². The lowest BCUT2D eigenvalue weighted by Gasteiger charge is -2.11. The summed E-state index contributed by atoms with van der Waals surface area (Å²) >= 11 is 0. The molecule has 0 aliphatic carbocycles. The first kappa shape index (κ1) is 10.9. The third kappa shape index (κ3) is 2.43.